The van der Waals surface area contributed by atoms with E-state index in [1.165, 1.54) is 7.11 Å². The summed E-state index contributed by atoms with van der Waals surface area (Å²) >= 11 is 0. The minimum atomic E-state index is -0.204. The van der Waals surface area contributed by atoms with Crippen LogP contribution in [-0.2, 0) is 9.53 Å². The van der Waals surface area contributed by atoms with Crippen LogP contribution in [-0.4, -0.2) is 26.7 Å². The second-order valence-electron chi connectivity index (χ2n) is 3.86. The van der Waals surface area contributed by atoms with E-state index in [1.54, 1.807) is 6.26 Å². The van der Waals surface area contributed by atoms with E-state index in [0.29, 0.717) is 13.0 Å². The van der Waals surface area contributed by atoms with Crippen molar-refractivity contribution in [2.45, 2.75) is 6.42 Å². The Balaban J connectivity index is 2.13. The van der Waals surface area contributed by atoms with E-state index < -0.39 is 0 Å². The number of anilines is 1. The number of methoxy groups -OCH3 is 1. The van der Waals surface area contributed by atoms with E-state index in [-0.39, 0.29) is 5.97 Å². The molecule has 0 aliphatic rings. The van der Waals surface area contributed by atoms with Gasteiger partial charge in [0.2, 0.25) is 0 Å². The van der Waals surface area contributed by atoms with Gasteiger partial charge in [0.15, 0.2) is 0 Å². The molecule has 0 bridgehead atoms. The molecule has 1 aromatic carbocycles. The lowest BCUT2D eigenvalue weighted by Gasteiger charge is -2.16. The Morgan fingerprint density at radius 3 is 2.94 bits per heavy atom. The van der Waals surface area contributed by atoms with Gasteiger partial charge in [0.1, 0.15) is 11.8 Å². The van der Waals surface area contributed by atoms with E-state index in [4.69, 9.17) is 4.42 Å². The second-order valence-corrected chi connectivity index (χ2v) is 3.86. The second kappa shape index (κ2) is 4.91. The number of hydrogen-bond donors (Lipinski definition) is 0. The molecule has 0 saturated heterocycles. The number of furan rings is 1. The number of para-hydroxylation sites is 1. The molecular formula is C13H15NO3. The zero-order valence-corrected chi connectivity index (χ0v) is 9.97. The largest absolute Gasteiger partial charge is 0.469 e. The standard InChI is InChI=1S/C13H15NO3/c1-14(8-7-13(15)16-2)11-9-17-12-6-4-3-5-10(11)12/h3-6,9H,7-8H2,1-2H3. The zero-order valence-electron chi connectivity index (χ0n) is 9.97. The molecule has 2 aromatic rings. The number of nitrogens with zero attached hydrogens (tertiary/aromatic N) is 1. The number of carbonyl (C=O) groups excluding carboxylic acids is 1. The molecule has 0 N–H and O–H groups in total. The molecule has 17 heavy (non-hydrogen) atoms. The van der Waals surface area contributed by atoms with E-state index in [9.17, 15) is 4.79 Å². The van der Waals surface area contributed by atoms with E-state index >= 15 is 0 Å². The highest BCUT2D eigenvalue weighted by Gasteiger charge is 2.10. The number of ether oxygens (including phenoxy) is 1. The lowest BCUT2D eigenvalue weighted by Crippen LogP contribution is -2.21. The molecule has 0 aliphatic carbocycles. The van der Waals surface area contributed by atoms with Crippen LogP contribution in [0.3, 0.4) is 0 Å². The summed E-state index contributed by atoms with van der Waals surface area (Å²) in [5.41, 5.74) is 1.84. The maximum absolute atomic E-state index is 11.1. The summed E-state index contributed by atoms with van der Waals surface area (Å²) in [6, 6.07) is 7.83. The Morgan fingerprint density at radius 1 is 1.41 bits per heavy atom. The molecule has 0 radical (unpaired) electrons. The van der Waals surface area contributed by atoms with Crippen LogP contribution in [0, 0.1) is 0 Å². The lowest BCUT2D eigenvalue weighted by atomic mass is 10.2. The molecule has 2 rings (SSSR count). The number of benzene rings is 1. The van der Waals surface area contributed by atoms with Gasteiger partial charge in [0.05, 0.1) is 19.2 Å². The first kappa shape index (κ1) is 11.5. The fourth-order valence-corrected chi connectivity index (χ4v) is 1.74. The Labute approximate surface area is 99.8 Å². The molecule has 1 aromatic heterocycles. The molecule has 0 atom stereocenters. The quantitative estimate of drug-likeness (QED) is 0.761. The highest BCUT2D eigenvalue weighted by molar-refractivity contribution is 5.90. The molecule has 0 unspecified atom stereocenters. The third kappa shape index (κ3) is 2.41. The van der Waals surface area contributed by atoms with Crippen molar-refractivity contribution in [1.82, 2.24) is 0 Å². The number of rotatable bonds is 4. The van der Waals surface area contributed by atoms with Gasteiger partial charge in [0, 0.05) is 19.0 Å². The normalized spacial score (nSPS) is 10.5. The van der Waals surface area contributed by atoms with Gasteiger partial charge in [-0.25, -0.2) is 0 Å². The van der Waals surface area contributed by atoms with E-state index in [0.717, 1.165) is 16.7 Å². The summed E-state index contributed by atoms with van der Waals surface area (Å²) in [6.07, 6.45) is 2.08. The average molecular weight is 233 g/mol. The Kier molecular flexibility index (Phi) is 3.32. The van der Waals surface area contributed by atoms with Crippen LogP contribution in [0.2, 0.25) is 0 Å². The molecule has 0 aliphatic heterocycles. The Morgan fingerprint density at radius 2 is 2.18 bits per heavy atom. The summed E-state index contributed by atoms with van der Waals surface area (Å²) in [4.78, 5) is 13.1. The van der Waals surface area contributed by atoms with Crippen LogP contribution in [0.25, 0.3) is 11.0 Å². The number of fused-ring (bicyclic) bond motifs is 1. The van der Waals surface area contributed by atoms with E-state index in [2.05, 4.69) is 4.74 Å². The third-order valence-electron chi connectivity index (χ3n) is 2.75. The van der Waals surface area contributed by atoms with Crippen molar-refractivity contribution in [3.05, 3.63) is 30.5 Å². The van der Waals surface area contributed by atoms with Crippen LogP contribution in [0.1, 0.15) is 6.42 Å². The monoisotopic (exact) mass is 233 g/mol. The summed E-state index contributed by atoms with van der Waals surface area (Å²) in [6.45, 7) is 0.607. The maximum atomic E-state index is 11.1. The summed E-state index contributed by atoms with van der Waals surface area (Å²) in [5.74, 6) is -0.204. The predicted octanol–water partition coefficient (Wildman–Crippen LogP) is 2.43. The first-order valence-corrected chi connectivity index (χ1v) is 5.46. The predicted molar refractivity (Wildman–Crippen MR) is 66.1 cm³/mol. The molecule has 0 fully saturated rings. The van der Waals surface area contributed by atoms with Gasteiger partial charge in [-0.1, -0.05) is 12.1 Å². The van der Waals surface area contributed by atoms with Crippen LogP contribution in [0.15, 0.2) is 34.9 Å². The summed E-state index contributed by atoms with van der Waals surface area (Å²) in [5, 5.41) is 1.06. The van der Waals surface area contributed by atoms with Crippen molar-refractivity contribution < 1.29 is 13.9 Å². The van der Waals surface area contributed by atoms with Gasteiger partial charge in [0.25, 0.3) is 0 Å². The molecule has 4 heteroatoms. The Bertz CT molecular complexity index is 518. The van der Waals surface area contributed by atoms with Gasteiger partial charge >= 0.3 is 5.97 Å². The number of carbonyl (C=O) groups is 1. The maximum Gasteiger partial charge on any atom is 0.307 e. The Hall–Kier alpha value is -1.97. The van der Waals surface area contributed by atoms with Gasteiger partial charge in [-0.3, -0.25) is 4.79 Å². The van der Waals surface area contributed by atoms with Gasteiger partial charge in [-0.05, 0) is 12.1 Å². The number of hydrogen-bond acceptors (Lipinski definition) is 4. The van der Waals surface area contributed by atoms with Crippen LogP contribution in [0.4, 0.5) is 5.69 Å². The van der Waals surface area contributed by atoms with Crippen molar-refractivity contribution in [3.8, 4) is 0 Å². The SMILES string of the molecule is COC(=O)CCN(C)c1coc2ccccc12. The van der Waals surface area contributed by atoms with Crippen LogP contribution >= 0.6 is 0 Å². The van der Waals surface area contributed by atoms with Crippen LogP contribution in [0.5, 0.6) is 0 Å². The zero-order chi connectivity index (χ0) is 12.3. The van der Waals surface area contributed by atoms with Crippen molar-refractivity contribution in [2.24, 2.45) is 0 Å². The van der Waals surface area contributed by atoms with Gasteiger partial charge < -0.3 is 14.1 Å². The minimum Gasteiger partial charge on any atom is -0.469 e. The smallest absolute Gasteiger partial charge is 0.307 e. The van der Waals surface area contributed by atoms with Crippen molar-refractivity contribution >= 4 is 22.6 Å². The average Bonchev–Trinajstić information content (AvgIpc) is 2.79. The molecule has 0 spiro atoms. The van der Waals surface area contributed by atoms with E-state index in [1.807, 2.05) is 36.2 Å². The van der Waals surface area contributed by atoms with Gasteiger partial charge in [-0.2, -0.15) is 0 Å². The molecule has 1 heterocycles. The first-order valence-electron chi connectivity index (χ1n) is 5.46. The summed E-state index contributed by atoms with van der Waals surface area (Å²) < 4.78 is 10.1. The number of esters is 1. The van der Waals surface area contributed by atoms with Gasteiger partial charge in [-0.15, -0.1) is 0 Å². The minimum absolute atomic E-state index is 0.204. The topological polar surface area (TPSA) is 42.7 Å². The fraction of sp³-hybridized carbons (Fsp3) is 0.308. The summed E-state index contributed by atoms with van der Waals surface area (Å²) in [7, 11) is 3.33. The molecule has 0 amide bonds. The highest BCUT2D eigenvalue weighted by Crippen LogP contribution is 2.27. The van der Waals surface area contributed by atoms with Crippen molar-refractivity contribution in [3.63, 3.8) is 0 Å². The first-order chi connectivity index (χ1) is 8.22. The lowest BCUT2D eigenvalue weighted by molar-refractivity contribution is -0.140. The molecule has 0 saturated carbocycles. The van der Waals surface area contributed by atoms with Crippen molar-refractivity contribution in [2.75, 3.05) is 25.6 Å². The third-order valence-corrected chi connectivity index (χ3v) is 2.75. The molecule has 90 valence electrons. The van der Waals surface area contributed by atoms with Crippen LogP contribution < -0.4 is 4.90 Å². The highest BCUT2D eigenvalue weighted by atomic mass is 16.5. The molecule has 4 nitrogen and oxygen atoms in total. The van der Waals surface area contributed by atoms with Crippen molar-refractivity contribution in [1.29, 1.82) is 0 Å². The fourth-order valence-electron chi connectivity index (χ4n) is 1.74. The molecular weight excluding hydrogens is 218 g/mol.